The van der Waals surface area contributed by atoms with E-state index in [2.05, 4.69) is 0 Å². The molecule has 0 bridgehead atoms. The standard InChI is InChI=1S/C21H22N2O5/c1-3-27-20(25)17(21(26)28-4-2)13-18(23-12-8-11-16(22)14-23)19(24)15-9-6-5-7-10-15/h5-14H,3-4,22H2,1-2H3. The minimum absolute atomic E-state index is 0.0506. The Morgan fingerprint density at radius 2 is 1.64 bits per heavy atom. The first-order chi connectivity index (χ1) is 13.5. The Bertz CT molecular complexity index is 884. The monoisotopic (exact) mass is 382 g/mol. The van der Waals surface area contributed by atoms with Crippen LogP contribution in [0.25, 0.3) is 11.5 Å². The van der Waals surface area contributed by atoms with Gasteiger partial charge in [0.15, 0.2) is 18.0 Å². The largest absolute Gasteiger partial charge is 0.868 e. The van der Waals surface area contributed by atoms with Crippen LogP contribution in [0.2, 0.25) is 0 Å². The van der Waals surface area contributed by atoms with E-state index in [-0.39, 0.29) is 24.5 Å². The maximum absolute atomic E-state index is 13.1. The van der Waals surface area contributed by atoms with Crippen molar-refractivity contribution >= 4 is 29.1 Å². The van der Waals surface area contributed by atoms with Crippen LogP contribution in [-0.2, 0) is 19.1 Å². The molecule has 1 heterocycles. The van der Waals surface area contributed by atoms with Gasteiger partial charge in [-0.25, -0.2) is 9.59 Å². The fourth-order valence-electron chi connectivity index (χ4n) is 2.39. The van der Waals surface area contributed by atoms with Crippen molar-refractivity contribution < 1.29 is 28.7 Å². The van der Waals surface area contributed by atoms with Gasteiger partial charge in [0.25, 0.3) is 0 Å². The number of ether oxygens (including phenoxy) is 2. The molecule has 7 nitrogen and oxygen atoms in total. The molecule has 0 aliphatic heterocycles. The van der Waals surface area contributed by atoms with E-state index in [1.54, 1.807) is 62.5 Å². The van der Waals surface area contributed by atoms with Gasteiger partial charge in [-0.3, -0.25) is 0 Å². The van der Waals surface area contributed by atoms with Crippen molar-refractivity contribution in [2.24, 2.45) is 0 Å². The van der Waals surface area contributed by atoms with Crippen molar-refractivity contribution in [3.8, 4) is 0 Å². The van der Waals surface area contributed by atoms with Crippen molar-refractivity contribution in [2.45, 2.75) is 13.8 Å². The highest BCUT2D eigenvalue weighted by molar-refractivity contribution is 6.15. The van der Waals surface area contributed by atoms with Gasteiger partial charge in [-0.1, -0.05) is 30.3 Å². The highest BCUT2D eigenvalue weighted by Crippen LogP contribution is 2.17. The summed E-state index contributed by atoms with van der Waals surface area (Å²) in [5.41, 5.74) is 6.30. The number of carbonyl (C=O) groups excluding carboxylic acids is 2. The predicted octanol–water partition coefficient (Wildman–Crippen LogP) is 1.29. The summed E-state index contributed by atoms with van der Waals surface area (Å²) in [4.78, 5) is 24.6. The lowest BCUT2D eigenvalue weighted by molar-refractivity contribution is -0.579. The Morgan fingerprint density at radius 1 is 1.04 bits per heavy atom. The Labute approximate surface area is 163 Å². The summed E-state index contributed by atoms with van der Waals surface area (Å²) in [6.07, 6.45) is 4.28. The van der Waals surface area contributed by atoms with Crippen LogP contribution < -0.4 is 15.4 Å². The smallest absolute Gasteiger partial charge is 0.345 e. The van der Waals surface area contributed by atoms with Crippen molar-refractivity contribution in [1.29, 1.82) is 0 Å². The van der Waals surface area contributed by atoms with Gasteiger partial charge < -0.3 is 20.3 Å². The van der Waals surface area contributed by atoms with Crippen molar-refractivity contribution in [1.82, 2.24) is 0 Å². The van der Waals surface area contributed by atoms with E-state index in [0.29, 0.717) is 11.3 Å². The summed E-state index contributed by atoms with van der Waals surface area (Å²) < 4.78 is 11.3. The summed E-state index contributed by atoms with van der Waals surface area (Å²) in [5, 5.41) is 13.1. The molecule has 2 rings (SSSR count). The average molecular weight is 382 g/mol. The normalized spacial score (nSPS) is 11.2. The zero-order valence-electron chi connectivity index (χ0n) is 15.8. The highest BCUT2D eigenvalue weighted by Gasteiger charge is 2.24. The summed E-state index contributed by atoms with van der Waals surface area (Å²) >= 11 is 0. The number of allylic oxidation sites excluding steroid dienone is 2. The van der Waals surface area contributed by atoms with Crippen LogP contribution in [0.1, 0.15) is 19.4 Å². The molecule has 0 unspecified atom stereocenters. The Morgan fingerprint density at radius 3 is 2.18 bits per heavy atom. The third-order valence-corrected chi connectivity index (χ3v) is 3.64. The predicted molar refractivity (Wildman–Crippen MR) is 102 cm³/mol. The molecule has 0 aliphatic rings. The molecule has 0 amide bonds. The van der Waals surface area contributed by atoms with E-state index < -0.39 is 17.7 Å². The lowest BCUT2D eigenvalue weighted by atomic mass is 10.1. The third kappa shape index (κ3) is 5.20. The maximum atomic E-state index is 13.1. The molecule has 0 fully saturated rings. The van der Waals surface area contributed by atoms with Crippen LogP contribution in [0.5, 0.6) is 0 Å². The van der Waals surface area contributed by atoms with Crippen LogP contribution >= 0.6 is 0 Å². The number of nitrogens with two attached hydrogens (primary N) is 1. The molecule has 1 aromatic heterocycles. The number of carbonyl (C=O) groups is 2. The van der Waals surface area contributed by atoms with Gasteiger partial charge in [-0.2, -0.15) is 4.57 Å². The first kappa shape index (κ1) is 20.7. The molecule has 0 spiro atoms. The molecule has 0 atom stereocenters. The van der Waals surface area contributed by atoms with Crippen molar-refractivity contribution in [3.05, 3.63) is 72.1 Å². The molecular weight excluding hydrogens is 360 g/mol. The van der Waals surface area contributed by atoms with Crippen LogP contribution in [0.3, 0.4) is 0 Å². The fourth-order valence-corrected chi connectivity index (χ4v) is 2.39. The summed E-state index contributed by atoms with van der Waals surface area (Å²) in [5.74, 6) is -2.14. The van der Waals surface area contributed by atoms with E-state index in [4.69, 9.17) is 15.2 Å². The Kier molecular flexibility index (Phi) is 7.33. The number of hydrogen-bond acceptors (Lipinski definition) is 6. The minimum Gasteiger partial charge on any atom is -0.868 e. The lowest BCUT2D eigenvalue weighted by Crippen LogP contribution is -2.34. The topological polar surface area (TPSA) is 106 Å². The average Bonchev–Trinajstić information content (AvgIpc) is 2.69. The third-order valence-electron chi connectivity index (χ3n) is 3.64. The van der Waals surface area contributed by atoms with E-state index >= 15 is 0 Å². The van der Waals surface area contributed by atoms with Crippen LogP contribution in [0, 0.1) is 0 Å². The van der Waals surface area contributed by atoms with Gasteiger partial charge in [0.1, 0.15) is 0 Å². The number of anilines is 1. The molecule has 0 radical (unpaired) electrons. The molecule has 2 N–H and O–H groups in total. The van der Waals surface area contributed by atoms with Gasteiger partial charge in [0.2, 0.25) is 5.70 Å². The first-order valence-corrected chi connectivity index (χ1v) is 8.77. The number of nitrogen functional groups attached to an aromatic ring is 1. The SMILES string of the molecule is CCOC(=O)C(=C/C(=C(/[O-])c1ccccc1)[n+]1cccc(N)c1)C(=O)OCC. The molecule has 0 saturated heterocycles. The molecule has 2 aromatic rings. The van der Waals surface area contributed by atoms with Crippen LogP contribution in [-0.4, -0.2) is 25.2 Å². The maximum Gasteiger partial charge on any atom is 0.345 e. The number of rotatable bonds is 7. The second-order valence-electron chi connectivity index (χ2n) is 5.62. The Balaban J connectivity index is 2.70. The minimum atomic E-state index is -0.871. The zero-order chi connectivity index (χ0) is 20.5. The molecule has 146 valence electrons. The molecule has 0 aliphatic carbocycles. The lowest BCUT2D eigenvalue weighted by Gasteiger charge is -2.14. The summed E-state index contributed by atoms with van der Waals surface area (Å²) in [6, 6.07) is 11.8. The van der Waals surface area contributed by atoms with Gasteiger partial charge in [0, 0.05) is 12.1 Å². The number of nitrogens with zero attached hydrogens (tertiary/aromatic N) is 1. The molecular formula is C21H22N2O5. The number of benzene rings is 1. The second-order valence-corrected chi connectivity index (χ2v) is 5.62. The van der Waals surface area contributed by atoms with Gasteiger partial charge in [-0.05, 0) is 31.2 Å². The second kappa shape index (κ2) is 9.91. The molecule has 28 heavy (non-hydrogen) atoms. The highest BCUT2D eigenvalue weighted by atomic mass is 16.6. The molecule has 0 saturated carbocycles. The number of pyridine rings is 1. The first-order valence-electron chi connectivity index (χ1n) is 8.77. The van der Waals surface area contributed by atoms with E-state index in [1.165, 1.54) is 16.8 Å². The van der Waals surface area contributed by atoms with Crippen molar-refractivity contribution in [3.63, 3.8) is 0 Å². The Hall–Kier alpha value is -3.61. The van der Waals surface area contributed by atoms with E-state index in [0.717, 1.165) is 0 Å². The van der Waals surface area contributed by atoms with Crippen LogP contribution in [0.15, 0.2) is 66.5 Å². The van der Waals surface area contributed by atoms with Gasteiger partial charge in [-0.15, -0.1) is 0 Å². The number of aromatic nitrogens is 1. The summed E-state index contributed by atoms with van der Waals surface area (Å²) in [7, 11) is 0. The fraction of sp³-hybridized carbons (Fsp3) is 0.190. The van der Waals surface area contributed by atoms with Crippen LogP contribution in [0.4, 0.5) is 5.69 Å². The molecule has 7 heteroatoms. The van der Waals surface area contributed by atoms with Crippen molar-refractivity contribution in [2.75, 3.05) is 18.9 Å². The van der Waals surface area contributed by atoms with Gasteiger partial charge in [0.05, 0.1) is 18.9 Å². The van der Waals surface area contributed by atoms with E-state index in [9.17, 15) is 14.7 Å². The van der Waals surface area contributed by atoms with E-state index in [1.807, 2.05) is 0 Å². The summed E-state index contributed by atoms with van der Waals surface area (Å²) in [6.45, 7) is 3.38. The van der Waals surface area contributed by atoms with Gasteiger partial charge >= 0.3 is 11.9 Å². The molecule has 1 aromatic carbocycles. The quantitative estimate of drug-likeness (QED) is 0.147. The number of esters is 2. The number of hydrogen-bond donors (Lipinski definition) is 1. The zero-order valence-corrected chi connectivity index (χ0v) is 15.8.